The Morgan fingerprint density at radius 3 is 2.86 bits per heavy atom. The van der Waals surface area contributed by atoms with Crippen molar-refractivity contribution in [1.29, 1.82) is 0 Å². The summed E-state index contributed by atoms with van der Waals surface area (Å²) in [5.41, 5.74) is 8.12. The lowest BCUT2D eigenvalue weighted by Crippen LogP contribution is -2.13. The highest BCUT2D eigenvalue weighted by molar-refractivity contribution is 5.78. The first-order chi connectivity index (χ1) is 10.2. The summed E-state index contributed by atoms with van der Waals surface area (Å²) in [5, 5.41) is 4.86. The van der Waals surface area contributed by atoms with Gasteiger partial charge in [-0.15, -0.1) is 0 Å². The molecule has 3 rings (SSSR count). The lowest BCUT2D eigenvalue weighted by Gasteiger charge is -2.12. The Balaban J connectivity index is 2.13. The van der Waals surface area contributed by atoms with Gasteiger partial charge in [0.2, 0.25) is 5.43 Å². The number of nitrogens with zero attached hydrogens (tertiary/aromatic N) is 2. The fraction of sp³-hybridized carbons (Fsp3) is 0.125. The monoisotopic (exact) mass is 281 g/mol. The Labute approximate surface area is 121 Å². The summed E-state index contributed by atoms with van der Waals surface area (Å²) in [7, 11) is 1.62. The SMILES string of the molecule is COc1ccc(N)cc1Cn1ncc(=O)c2ccccc21. The molecule has 2 aromatic carbocycles. The number of nitrogen functional groups attached to an aromatic ring is 1. The molecule has 0 unspecified atom stereocenters. The van der Waals surface area contributed by atoms with E-state index < -0.39 is 0 Å². The maximum atomic E-state index is 11.8. The molecule has 0 spiro atoms. The van der Waals surface area contributed by atoms with E-state index in [0.29, 0.717) is 17.6 Å². The maximum Gasteiger partial charge on any atom is 0.207 e. The summed E-state index contributed by atoms with van der Waals surface area (Å²) in [5.74, 6) is 0.744. The van der Waals surface area contributed by atoms with Gasteiger partial charge in [0.25, 0.3) is 0 Å². The van der Waals surface area contributed by atoms with E-state index in [0.717, 1.165) is 16.8 Å². The molecular formula is C16H15N3O2. The van der Waals surface area contributed by atoms with Crippen LogP contribution in [0.3, 0.4) is 0 Å². The topological polar surface area (TPSA) is 70.1 Å². The largest absolute Gasteiger partial charge is 0.496 e. The van der Waals surface area contributed by atoms with Crippen LogP contribution in [0.1, 0.15) is 5.56 Å². The highest BCUT2D eigenvalue weighted by atomic mass is 16.5. The molecule has 3 aromatic rings. The maximum absolute atomic E-state index is 11.8. The molecule has 0 bridgehead atoms. The fourth-order valence-electron chi connectivity index (χ4n) is 2.37. The van der Waals surface area contributed by atoms with Gasteiger partial charge in [-0.2, -0.15) is 5.10 Å². The van der Waals surface area contributed by atoms with Gasteiger partial charge in [-0.1, -0.05) is 12.1 Å². The molecule has 0 aliphatic heterocycles. The van der Waals surface area contributed by atoms with Gasteiger partial charge in [-0.25, -0.2) is 0 Å². The van der Waals surface area contributed by atoms with Gasteiger partial charge in [0, 0.05) is 16.6 Å². The molecule has 0 radical (unpaired) electrons. The Bertz CT molecular complexity index is 856. The van der Waals surface area contributed by atoms with E-state index in [1.54, 1.807) is 23.9 Å². The van der Waals surface area contributed by atoms with Gasteiger partial charge in [-0.05, 0) is 30.3 Å². The second-order valence-electron chi connectivity index (χ2n) is 4.75. The second kappa shape index (κ2) is 5.28. The average Bonchev–Trinajstić information content (AvgIpc) is 2.51. The third-order valence-electron chi connectivity index (χ3n) is 3.39. The zero-order valence-electron chi connectivity index (χ0n) is 11.6. The molecule has 5 nitrogen and oxygen atoms in total. The van der Waals surface area contributed by atoms with Crippen molar-refractivity contribution in [2.75, 3.05) is 12.8 Å². The molecule has 0 amide bonds. The zero-order valence-corrected chi connectivity index (χ0v) is 11.6. The second-order valence-corrected chi connectivity index (χ2v) is 4.75. The number of rotatable bonds is 3. The van der Waals surface area contributed by atoms with Crippen LogP contribution < -0.4 is 15.9 Å². The summed E-state index contributed by atoms with van der Waals surface area (Å²) >= 11 is 0. The minimum Gasteiger partial charge on any atom is -0.496 e. The molecule has 0 atom stereocenters. The number of anilines is 1. The smallest absolute Gasteiger partial charge is 0.207 e. The molecule has 106 valence electrons. The Morgan fingerprint density at radius 1 is 1.24 bits per heavy atom. The van der Waals surface area contributed by atoms with Crippen molar-refractivity contribution in [3.63, 3.8) is 0 Å². The third-order valence-corrected chi connectivity index (χ3v) is 3.39. The molecule has 2 N–H and O–H groups in total. The molecule has 1 aromatic heterocycles. The van der Waals surface area contributed by atoms with Gasteiger partial charge in [0.15, 0.2) is 0 Å². The van der Waals surface area contributed by atoms with E-state index in [2.05, 4.69) is 5.10 Å². The quantitative estimate of drug-likeness (QED) is 0.746. The Kier molecular flexibility index (Phi) is 3.31. The first kappa shape index (κ1) is 13.2. The minimum absolute atomic E-state index is 0.0820. The fourth-order valence-corrected chi connectivity index (χ4v) is 2.37. The van der Waals surface area contributed by atoms with Crippen LogP contribution in [0.4, 0.5) is 5.69 Å². The summed E-state index contributed by atoms with van der Waals surface area (Å²) in [6.07, 6.45) is 1.33. The molecule has 0 saturated heterocycles. The van der Waals surface area contributed by atoms with E-state index in [4.69, 9.17) is 10.5 Å². The molecule has 0 saturated carbocycles. The first-order valence-corrected chi connectivity index (χ1v) is 6.56. The van der Waals surface area contributed by atoms with Crippen LogP contribution in [-0.4, -0.2) is 16.9 Å². The molecule has 0 aliphatic carbocycles. The number of nitrogens with two attached hydrogens (primary N) is 1. The van der Waals surface area contributed by atoms with Crippen LogP contribution in [0.25, 0.3) is 10.9 Å². The predicted molar refractivity (Wildman–Crippen MR) is 82.5 cm³/mol. The standard InChI is InChI=1S/C16H15N3O2/c1-21-16-7-6-12(17)8-11(16)10-19-14-5-3-2-4-13(14)15(20)9-18-19/h2-9H,10,17H2,1H3. The summed E-state index contributed by atoms with van der Waals surface area (Å²) in [4.78, 5) is 11.8. The van der Waals surface area contributed by atoms with E-state index in [9.17, 15) is 4.79 Å². The van der Waals surface area contributed by atoms with Gasteiger partial charge >= 0.3 is 0 Å². The summed E-state index contributed by atoms with van der Waals surface area (Å²) in [6, 6.07) is 12.9. The Hall–Kier alpha value is -2.82. The number of hydrogen-bond donors (Lipinski definition) is 1. The van der Waals surface area contributed by atoms with Crippen molar-refractivity contribution >= 4 is 16.6 Å². The van der Waals surface area contributed by atoms with Crippen molar-refractivity contribution in [2.24, 2.45) is 0 Å². The van der Waals surface area contributed by atoms with E-state index in [-0.39, 0.29) is 5.43 Å². The van der Waals surface area contributed by atoms with Crippen LogP contribution in [-0.2, 0) is 6.54 Å². The number of para-hydroxylation sites is 1. The van der Waals surface area contributed by atoms with Gasteiger partial charge < -0.3 is 10.5 Å². The van der Waals surface area contributed by atoms with Gasteiger partial charge in [-0.3, -0.25) is 9.48 Å². The molecule has 0 fully saturated rings. The van der Waals surface area contributed by atoms with Crippen LogP contribution >= 0.6 is 0 Å². The average molecular weight is 281 g/mol. The normalized spacial score (nSPS) is 10.7. The number of fused-ring (bicyclic) bond motifs is 1. The van der Waals surface area contributed by atoms with Crippen molar-refractivity contribution in [3.8, 4) is 5.75 Å². The molecular weight excluding hydrogens is 266 g/mol. The Morgan fingerprint density at radius 2 is 2.05 bits per heavy atom. The number of aromatic nitrogens is 2. The molecule has 5 heteroatoms. The highest BCUT2D eigenvalue weighted by Crippen LogP contribution is 2.22. The van der Waals surface area contributed by atoms with Crippen molar-refractivity contribution in [3.05, 3.63) is 64.4 Å². The molecule has 0 aliphatic rings. The van der Waals surface area contributed by atoms with Gasteiger partial charge in [0.05, 0.1) is 25.4 Å². The minimum atomic E-state index is -0.0820. The summed E-state index contributed by atoms with van der Waals surface area (Å²) in [6.45, 7) is 0.481. The highest BCUT2D eigenvalue weighted by Gasteiger charge is 2.08. The van der Waals surface area contributed by atoms with Crippen LogP contribution in [0, 0.1) is 0 Å². The lowest BCUT2D eigenvalue weighted by molar-refractivity contribution is 0.407. The number of benzene rings is 2. The molecule has 21 heavy (non-hydrogen) atoms. The van der Waals surface area contributed by atoms with Crippen LogP contribution in [0.15, 0.2) is 53.5 Å². The van der Waals surface area contributed by atoms with Crippen molar-refractivity contribution in [2.45, 2.75) is 6.54 Å². The summed E-state index contributed by atoms with van der Waals surface area (Å²) < 4.78 is 7.12. The van der Waals surface area contributed by atoms with E-state index >= 15 is 0 Å². The molecule has 1 heterocycles. The zero-order chi connectivity index (χ0) is 14.8. The van der Waals surface area contributed by atoms with Crippen molar-refractivity contribution in [1.82, 2.24) is 9.78 Å². The van der Waals surface area contributed by atoms with E-state index in [1.807, 2.05) is 30.3 Å². The third kappa shape index (κ3) is 2.45. The number of ether oxygens (including phenoxy) is 1. The van der Waals surface area contributed by atoms with Crippen molar-refractivity contribution < 1.29 is 4.74 Å². The lowest BCUT2D eigenvalue weighted by atomic mass is 10.1. The van der Waals surface area contributed by atoms with E-state index in [1.165, 1.54) is 6.20 Å². The van der Waals surface area contributed by atoms with Crippen LogP contribution in [0.5, 0.6) is 5.75 Å². The number of methoxy groups -OCH3 is 1. The van der Waals surface area contributed by atoms with Gasteiger partial charge in [0.1, 0.15) is 5.75 Å². The van der Waals surface area contributed by atoms with Crippen LogP contribution in [0.2, 0.25) is 0 Å². The first-order valence-electron chi connectivity index (χ1n) is 6.56. The predicted octanol–water partition coefficient (Wildman–Crippen LogP) is 2.04. The number of hydrogen-bond acceptors (Lipinski definition) is 4.